The molecule has 3 aliphatic rings. The summed E-state index contributed by atoms with van der Waals surface area (Å²) in [6, 6.07) is 11.7. The van der Waals surface area contributed by atoms with E-state index in [1.807, 2.05) is 42.6 Å². The molecule has 1 aromatic heterocycles. The summed E-state index contributed by atoms with van der Waals surface area (Å²) < 4.78 is 16.8. The first kappa shape index (κ1) is 22.9. The van der Waals surface area contributed by atoms with Gasteiger partial charge in [-0.25, -0.2) is 4.79 Å². The molecule has 0 bridgehead atoms. The van der Waals surface area contributed by atoms with E-state index < -0.39 is 11.9 Å². The Hall–Kier alpha value is -2.90. The predicted octanol–water partition coefficient (Wildman–Crippen LogP) is 4.84. The number of dihydropyridines is 1. The van der Waals surface area contributed by atoms with Crippen LogP contribution in [-0.4, -0.2) is 38.2 Å². The molecular weight excluding hydrogens is 450 g/mol. The SMILES string of the molecule is COc1cccc([C@@H]2C(C(=O)OC[C@@H]3CCCO3)=C(C)NC3=C2C(=O)C[C@@H](c2cccs2)C3)c1. The van der Waals surface area contributed by atoms with Crippen molar-refractivity contribution in [2.75, 3.05) is 20.3 Å². The van der Waals surface area contributed by atoms with Gasteiger partial charge in [0.25, 0.3) is 0 Å². The third-order valence-electron chi connectivity index (χ3n) is 6.84. The van der Waals surface area contributed by atoms with Crippen LogP contribution in [-0.2, 0) is 19.1 Å². The van der Waals surface area contributed by atoms with E-state index in [2.05, 4.69) is 11.4 Å². The Morgan fingerprint density at radius 2 is 2.12 bits per heavy atom. The van der Waals surface area contributed by atoms with Gasteiger partial charge in [0.05, 0.1) is 18.8 Å². The van der Waals surface area contributed by atoms with Crippen LogP contribution in [0.15, 0.2) is 64.3 Å². The molecule has 0 unspecified atom stereocenters. The molecule has 7 heteroatoms. The van der Waals surface area contributed by atoms with Gasteiger partial charge in [-0.3, -0.25) is 4.79 Å². The molecule has 0 amide bonds. The Balaban J connectivity index is 1.51. The minimum atomic E-state index is -0.500. The third-order valence-corrected chi connectivity index (χ3v) is 7.88. The number of esters is 1. The van der Waals surface area contributed by atoms with Gasteiger partial charge in [0.15, 0.2) is 5.78 Å². The Bertz CT molecular complexity index is 1140. The summed E-state index contributed by atoms with van der Waals surface area (Å²) in [5.74, 6) is -0.0155. The lowest BCUT2D eigenvalue weighted by Crippen LogP contribution is -2.36. The van der Waals surface area contributed by atoms with Crippen molar-refractivity contribution in [1.82, 2.24) is 5.32 Å². The highest BCUT2D eigenvalue weighted by atomic mass is 32.1. The van der Waals surface area contributed by atoms with Gasteiger partial charge in [-0.15, -0.1) is 11.3 Å². The Morgan fingerprint density at radius 1 is 1.24 bits per heavy atom. The maximum atomic E-state index is 13.6. The van der Waals surface area contributed by atoms with E-state index in [4.69, 9.17) is 14.2 Å². The van der Waals surface area contributed by atoms with E-state index in [0.29, 0.717) is 29.9 Å². The zero-order chi connectivity index (χ0) is 23.7. The molecule has 0 radical (unpaired) electrons. The first-order chi connectivity index (χ1) is 16.5. The summed E-state index contributed by atoms with van der Waals surface area (Å²) in [4.78, 5) is 28.2. The van der Waals surface area contributed by atoms with Crippen molar-refractivity contribution in [3.63, 3.8) is 0 Å². The van der Waals surface area contributed by atoms with Gasteiger partial charge < -0.3 is 19.5 Å². The molecule has 1 saturated heterocycles. The first-order valence-corrected chi connectivity index (χ1v) is 12.6. The number of carbonyl (C=O) groups excluding carboxylic acids is 2. The summed E-state index contributed by atoms with van der Waals surface area (Å²) in [5.41, 5.74) is 3.61. The monoisotopic (exact) mass is 479 g/mol. The lowest BCUT2D eigenvalue weighted by Gasteiger charge is -2.36. The molecule has 3 heterocycles. The van der Waals surface area contributed by atoms with Crippen molar-refractivity contribution in [3.05, 3.63) is 74.8 Å². The van der Waals surface area contributed by atoms with E-state index in [9.17, 15) is 9.59 Å². The van der Waals surface area contributed by atoms with Crippen LogP contribution >= 0.6 is 11.3 Å². The van der Waals surface area contributed by atoms with Crippen LogP contribution in [0.3, 0.4) is 0 Å². The van der Waals surface area contributed by atoms with E-state index in [0.717, 1.165) is 36.2 Å². The summed E-state index contributed by atoms with van der Waals surface area (Å²) in [7, 11) is 1.61. The number of rotatable bonds is 6. The largest absolute Gasteiger partial charge is 0.497 e. The Morgan fingerprint density at radius 3 is 2.85 bits per heavy atom. The molecule has 0 spiro atoms. The summed E-state index contributed by atoms with van der Waals surface area (Å²) >= 11 is 1.68. The molecule has 0 saturated carbocycles. The van der Waals surface area contributed by atoms with Gasteiger partial charge in [-0.05, 0) is 55.3 Å². The van der Waals surface area contributed by atoms with Gasteiger partial charge in [-0.2, -0.15) is 0 Å². The predicted molar refractivity (Wildman–Crippen MR) is 130 cm³/mol. The Kier molecular flexibility index (Phi) is 6.57. The molecule has 1 aliphatic carbocycles. The van der Waals surface area contributed by atoms with E-state index in [1.54, 1.807) is 18.4 Å². The normalized spacial score (nSPS) is 24.6. The first-order valence-electron chi connectivity index (χ1n) is 11.7. The molecule has 34 heavy (non-hydrogen) atoms. The maximum Gasteiger partial charge on any atom is 0.336 e. The number of carbonyl (C=O) groups is 2. The standard InChI is InChI=1S/C27H29NO5S/c1-16-24(27(30)33-15-20-8-4-10-32-20)25(17-6-3-7-19(12-17)31-2)26-21(28-16)13-18(14-22(26)29)23-9-5-11-34-23/h3,5-7,9,11-12,18,20,25,28H,4,8,10,13-15H2,1-2H3/t18-,20-,25+/m0/s1. The fourth-order valence-corrected chi connectivity index (χ4v) is 6.04. The molecule has 3 atom stereocenters. The number of nitrogens with one attached hydrogen (secondary N) is 1. The van der Waals surface area contributed by atoms with Gasteiger partial charge in [-0.1, -0.05) is 18.2 Å². The minimum Gasteiger partial charge on any atom is -0.497 e. The lowest BCUT2D eigenvalue weighted by atomic mass is 9.72. The number of methoxy groups -OCH3 is 1. The number of benzene rings is 1. The smallest absolute Gasteiger partial charge is 0.336 e. The van der Waals surface area contributed by atoms with Crippen LogP contribution < -0.4 is 10.1 Å². The van der Waals surface area contributed by atoms with E-state index in [1.165, 1.54) is 4.88 Å². The number of ether oxygens (including phenoxy) is 3. The second-order valence-electron chi connectivity index (χ2n) is 9.04. The molecular formula is C27H29NO5S. The summed E-state index contributed by atoms with van der Waals surface area (Å²) in [6.07, 6.45) is 2.97. The average molecular weight is 480 g/mol. The van der Waals surface area contributed by atoms with Crippen molar-refractivity contribution in [2.24, 2.45) is 0 Å². The van der Waals surface area contributed by atoms with Crippen molar-refractivity contribution < 1.29 is 23.8 Å². The topological polar surface area (TPSA) is 73.9 Å². The molecule has 1 aromatic carbocycles. The van der Waals surface area contributed by atoms with Crippen LogP contribution in [0.5, 0.6) is 5.75 Å². The maximum absolute atomic E-state index is 13.6. The average Bonchev–Trinajstić information content (AvgIpc) is 3.56. The molecule has 2 aromatic rings. The Labute approximate surface area is 203 Å². The highest BCUT2D eigenvalue weighted by Gasteiger charge is 2.41. The van der Waals surface area contributed by atoms with Crippen LogP contribution in [0.4, 0.5) is 0 Å². The number of hydrogen-bond acceptors (Lipinski definition) is 7. The van der Waals surface area contributed by atoms with Crippen molar-refractivity contribution in [2.45, 2.75) is 50.5 Å². The molecule has 178 valence electrons. The van der Waals surface area contributed by atoms with Crippen LogP contribution in [0, 0.1) is 0 Å². The molecule has 2 aliphatic heterocycles. The molecule has 6 nitrogen and oxygen atoms in total. The van der Waals surface area contributed by atoms with Crippen molar-refractivity contribution in [3.8, 4) is 5.75 Å². The lowest BCUT2D eigenvalue weighted by molar-refractivity contribution is -0.142. The second kappa shape index (κ2) is 9.76. The number of Topliss-reactive ketones (excluding diaryl/α,β-unsaturated/α-hetero) is 1. The van der Waals surface area contributed by atoms with Gasteiger partial charge in [0.1, 0.15) is 12.4 Å². The highest BCUT2D eigenvalue weighted by Crippen LogP contribution is 2.46. The zero-order valence-corrected chi connectivity index (χ0v) is 20.3. The van der Waals surface area contributed by atoms with Crippen LogP contribution in [0.2, 0.25) is 0 Å². The quantitative estimate of drug-likeness (QED) is 0.598. The van der Waals surface area contributed by atoms with Gasteiger partial charge >= 0.3 is 5.97 Å². The highest BCUT2D eigenvalue weighted by molar-refractivity contribution is 7.10. The number of hydrogen-bond donors (Lipinski definition) is 1. The summed E-state index contributed by atoms with van der Waals surface area (Å²) in [6.45, 7) is 2.81. The van der Waals surface area contributed by atoms with E-state index in [-0.39, 0.29) is 24.4 Å². The minimum absolute atomic E-state index is 0.0608. The van der Waals surface area contributed by atoms with Crippen LogP contribution in [0.1, 0.15) is 54.9 Å². The zero-order valence-electron chi connectivity index (χ0n) is 19.5. The van der Waals surface area contributed by atoms with Crippen LogP contribution in [0.25, 0.3) is 0 Å². The van der Waals surface area contributed by atoms with Crippen molar-refractivity contribution in [1.29, 1.82) is 0 Å². The second-order valence-corrected chi connectivity index (χ2v) is 10.0. The van der Waals surface area contributed by atoms with E-state index >= 15 is 0 Å². The fourth-order valence-electron chi connectivity index (χ4n) is 5.21. The number of thiophene rings is 1. The summed E-state index contributed by atoms with van der Waals surface area (Å²) in [5, 5.41) is 5.45. The van der Waals surface area contributed by atoms with Gasteiger partial charge in [0.2, 0.25) is 0 Å². The van der Waals surface area contributed by atoms with Crippen molar-refractivity contribution >= 4 is 23.1 Å². The number of ketones is 1. The third kappa shape index (κ3) is 4.42. The molecule has 5 rings (SSSR count). The van der Waals surface area contributed by atoms with Gasteiger partial charge in [0, 0.05) is 46.7 Å². The molecule has 1 fully saturated rings. The fraction of sp³-hybridized carbons (Fsp3) is 0.407. The molecule has 1 N–H and O–H groups in total. The number of allylic oxidation sites excluding steroid dienone is 3.